The lowest BCUT2D eigenvalue weighted by Gasteiger charge is -2.43. The molecular formula is C25H34N4O2. The van der Waals surface area contributed by atoms with Gasteiger partial charge in [-0.3, -0.25) is 9.88 Å². The summed E-state index contributed by atoms with van der Waals surface area (Å²) in [6, 6.07) is 17.1. The Morgan fingerprint density at radius 1 is 1.00 bits per heavy atom. The van der Waals surface area contributed by atoms with E-state index in [2.05, 4.69) is 38.3 Å². The summed E-state index contributed by atoms with van der Waals surface area (Å²) in [5.74, 6) is 0. The first-order chi connectivity index (χ1) is 15.3. The van der Waals surface area contributed by atoms with E-state index in [1.54, 1.807) is 0 Å². The molecule has 0 aliphatic carbocycles. The highest BCUT2D eigenvalue weighted by Gasteiger charge is 2.34. The van der Waals surface area contributed by atoms with Gasteiger partial charge in [-0.15, -0.1) is 0 Å². The van der Waals surface area contributed by atoms with Crippen molar-refractivity contribution in [1.82, 2.24) is 20.1 Å². The molecule has 6 heteroatoms. The maximum absolute atomic E-state index is 13.3. The molecule has 3 heterocycles. The number of nitrogens with one attached hydrogen (secondary N) is 1. The topological polar surface area (TPSA) is 57.7 Å². The summed E-state index contributed by atoms with van der Waals surface area (Å²) < 4.78 is 5.57. The van der Waals surface area contributed by atoms with Crippen molar-refractivity contribution in [2.45, 2.75) is 50.7 Å². The zero-order valence-electron chi connectivity index (χ0n) is 18.3. The van der Waals surface area contributed by atoms with Gasteiger partial charge in [-0.1, -0.05) is 36.4 Å². The van der Waals surface area contributed by atoms with Crippen molar-refractivity contribution in [3.05, 3.63) is 66.0 Å². The highest BCUT2D eigenvalue weighted by molar-refractivity contribution is 5.75. The van der Waals surface area contributed by atoms with Crippen LogP contribution in [0.5, 0.6) is 0 Å². The van der Waals surface area contributed by atoms with Crippen LogP contribution in [0.2, 0.25) is 0 Å². The normalized spacial score (nSPS) is 18.6. The number of rotatable bonds is 7. The quantitative estimate of drug-likeness (QED) is 0.742. The van der Waals surface area contributed by atoms with Gasteiger partial charge in [0.05, 0.1) is 5.69 Å². The molecule has 2 fully saturated rings. The number of benzene rings is 1. The summed E-state index contributed by atoms with van der Waals surface area (Å²) in [5, 5.41) is 3.20. The number of carbonyl (C=O) groups is 1. The molecule has 166 valence electrons. The van der Waals surface area contributed by atoms with Gasteiger partial charge >= 0.3 is 6.03 Å². The largest absolute Gasteiger partial charge is 0.381 e. The van der Waals surface area contributed by atoms with Crippen LogP contribution in [0.25, 0.3) is 0 Å². The number of hydrogen-bond acceptors (Lipinski definition) is 4. The number of urea groups is 1. The molecule has 2 amide bonds. The van der Waals surface area contributed by atoms with Gasteiger partial charge in [0.1, 0.15) is 0 Å². The first-order valence-electron chi connectivity index (χ1n) is 11.6. The van der Waals surface area contributed by atoms with Crippen LogP contribution in [0.3, 0.4) is 0 Å². The summed E-state index contributed by atoms with van der Waals surface area (Å²) in [6.07, 6.45) is 6.60. The molecule has 31 heavy (non-hydrogen) atoms. The smallest absolute Gasteiger partial charge is 0.317 e. The van der Waals surface area contributed by atoms with E-state index in [-0.39, 0.29) is 12.1 Å². The number of aromatic nitrogens is 1. The Morgan fingerprint density at radius 3 is 2.42 bits per heavy atom. The fourth-order valence-corrected chi connectivity index (χ4v) is 4.72. The summed E-state index contributed by atoms with van der Waals surface area (Å²) in [4.78, 5) is 22.3. The molecule has 2 aliphatic heterocycles. The van der Waals surface area contributed by atoms with Crippen LogP contribution in [0.1, 0.15) is 36.9 Å². The minimum atomic E-state index is 0.0889. The zero-order chi connectivity index (χ0) is 21.3. The predicted molar refractivity (Wildman–Crippen MR) is 122 cm³/mol. The molecule has 1 N–H and O–H groups in total. The summed E-state index contributed by atoms with van der Waals surface area (Å²) in [7, 11) is 0. The Labute approximate surface area is 185 Å². The Kier molecular flexibility index (Phi) is 7.91. The third-order valence-electron chi connectivity index (χ3n) is 6.41. The molecule has 0 unspecified atom stereocenters. The molecule has 6 nitrogen and oxygen atoms in total. The molecule has 1 aromatic heterocycles. The number of nitrogens with zero attached hydrogens (tertiary/aromatic N) is 3. The molecular weight excluding hydrogens is 388 g/mol. The van der Waals surface area contributed by atoms with Crippen LogP contribution >= 0.6 is 0 Å². The fraction of sp³-hybridized carbons (Fsp3) is 0.520. The molecule has 2 saturated heterocycles. The Bertz CT molecular complexity index is 788. The van der Waals surface area contributed by atoms with E-state index in [0.717, 1.165) is 70.6 Å². The standard InChI is InChI=1S/C25H34N4O2/c30-25(27-15-9-21-6-2-1-3-7-21)29(24-12-18-31-19-13-24)23-10-16-28(17-11-23)20-22-8-4-5-14-26-22/h1-8,14,23-24H,9-13,15-20H2,(H,27,30). The van der Waals surface area contributed by atoms with Gasteiger partial charge in [-0.05, 0) is 49.8 Å². The van der Waals surface area contributed by atoms with Crippen molar-refractivity contribution in [3.8, 4) is 0 Å². The third kappa shape index (κ3) is 6.28. The number of carbonyl (C=O) groups excluding carboxylic acids is 1. The van der Waals surface area contributed by atoms with Crippen LogP contribution in [0.15, 0.2) is 54.7 Å². The van der Waals surface area contributed by atoms with Gasteiger partial charge in [0.2, 0.25) is 0 Å². The van der Waals surface area contributed by atoms with E-state index in [9.17, 15) is 4.79 Å². The molecule has 2 aliphatic rings. The van der Waals surface area contributed by atoms with E-state index >= 15 is 0 Å². The van der Waals surface area contributed by atoms with Gasteiger partial charge in [0, 0.05) is 57.7 Å². The summed E-state index contributed by atoms with van der Waals surface area (Å²) in [5.41, 5.74) is 2.36. The van der Waals surface area contributed by atoms with Gasteiger partial charge in [0.15, 0.2) is 0 Å². The Balaban J connectivity index is 1.33. The molecule has 2 aromatic rings. The van der Waals surface area contributed by atoms with E-state index in [4.69, 9.17) is 4.74 Å². The van der Waals surface area contributed by atoms with Crippen molar-refractivity contribution in [1.29, 1.82) is 0 Å². The third-order valence-corrected chi connectivity index (χ3v) is 6.41. The van der Waals surface area contributed by atoms with Crippen molar-refractivity contribution in [3.63, 3.8) is 0 Å². The molecule has 0 spiro atoms. The van der Waals surface area contributed by atoms with Crippen molar-refractivity contribution >= 4 is 6.03 Å². The first kappa shape index (κ1) is 21.8. The van der Waals surface area contributed by atoms with Crippen LogP contribution in [-0.4, -0.2) is 65.7 Å². The van der Waals surface area contributed by atoms with Gasteiger partial charge in [0.25, 0.3) is 0 Å². The first-order valence-corrected chi connectivity index (χ1v) is 11.6. The summed E-state index contributed by atoms with van der Waals surface area (Å²) >= 11 is 0. The maximum atomic E-state index is 13.3. The maximum Gasteiger partial charge on any atom is 0.317 e. The van der Waals surface area contributed by atoms with Crippen LogP contribution in [-0.2, 0) is 17.7 Å². The predicted octanol–water partition coefficient (Wildman–Crippen LogP) is 3.48. The van der Waals surface area contributed by atoms with Crippen LogP contribution in [0.4, 0.5) is 4.79 Å². The molecule has 0 saturated carbocycles. The van der Waals surface area contributed by atoms with Gasteiger partial charge in [-0.25, -0.2) is 4.79 Å². The monoisotopic (exact) mass is 422 g/mol. The lowest BCUT2D eigenvalue weighted by atomic mass is 9.98. The van der Waals surface area contributed by atoms with Crippen molar-refractivity contribution in [2.75, 3.05) is 32.8 Å². The Morgan fingerprint density at radius 2 is 1.71 bits per heavy atom. The van der Waals surface area contributed by atoms with E-state index in [0.29, 0.717) is 12.6 Å². The second-order valence-electron chi connectivity index (χ2n) is 8.55. The number of likely N-dealkylation sites (tertiary alicyclic amines) is 1. The Hall–Kier alpha value is -2.44. The van der Waals surface area contributed by atoms with Crippen LogP contribution < -0.4 is 5.32 Å². The number of hydrogen-bond donors (Lipinski definition) is 1. The number of amides is 2. The number of piperidine rings is 1. The van der Waals surface area contributed by atoms with Crippen molar-refractivity contribution in [2.24, 2.45) is 0 Å². The number of pyridine rings is 1. The highest BCUT2D eigenvalue weighted by Crippen LogP contribution is 2.24. The molecule has 0 radical (unpaired) electrons. The lowest BCUT2D eigenvalue weighted by Crippen LogP contribution is -2.56. The second kappa shape index (κ2) is 11.3. The van der Waals surface area contributed by atoms with E-state index in [1.165, 1.54) is 5.56 Å². The number of ether oxygens (including phenoxy) is 1. The van der Waals surface area contributed by atoms with Crippen molar-refractivity contribution < 1.29 is 9.53 Å². The average Bonchev–Trinajstić information content (AvgIpc) is 2.82. The lowest BCUT2D eigenvalue weighted by molar-refractivity contribution is 0.0203. The highest BCUT2D eigenvalue weighted by atomic mass is 16.5. The average molecular weight is 423 g/mol. The van der Waals surface area contributed by atoms with E-state index in [1.807, 2.05) is 36.5 Å². The second-order valence-corrected chi connectivity index (χ2v) is 8.55. The molecule has 0 atom stereocenters. The SMILES string of the molecule is O=C(NCCc1ccccc1)N(C1CCOCC1)C1CCN(Cc2ccccn2)CC1. The van der Waals surface area contributed by atoms with E-state index < -0.39 is 0 Å². The summed E-state index contributed by atoms with van der Waals surface area (Å²) in [6.45, 7) is 5.04. The van der Waals surface area contributed by atoms with Gasteiger partial charge < -0.3 is 15.0 Å². The van der Waals surface area contributed by atoms with Gasteiger partial charge in [-0.2, -0.15) is 0 Å². The van der Waals surface area contributed by atoms with Crippen LogP contribution in [0, 0.1) is 0 Å². The minimum Gasteiger partial charge on any atom is -0.381 e. The molecule has 1 aromatic carbocycles. The minimum absolute atomic E-state index is 0.0889. The zero-order valence-corrected chi connectivity index (χ0v) is 18.3. The molecule has 4 rings (SSSR count). The molecule has 0 bridgehead atoms. The fourth-order valence-electron chi connectivity index (χ4n) is 4.72.